The molecule has 1 heterocycles. The first-order valence-corrected chi connectivity index (χ1v) is 7.95. The van der Waals surface area contributed by atoms with Gasteiger partial charge in [0, 0.05) is 29.5 Å². The van der Waals surface area contributed by atoms with Crippen molar-refractivity contribution in [1.29, 1.82) is 0 Å². The minimum absolute atomic E-state index is 0.0149. The van der Waals surface area contributed by atoms with Crippen molar-refractivity contribution in [3.05, 3.63) is 18.2 Å². The van der Waals surface area contributed by atoms with Gasteiger partial charge in [0.2, 0.25) is 5.91 Å². The molecule has 1 N–H and O–H groups in total. The van der Waals surface area contributed by atoms with Crippen LogP contribution in [-0.4, -0.2) is 24.9 Å². The number of rotatable bonds is 2. The van der Waals surface area contributed by atoms with E-state index in [-0.39, 0.29) is 23.7 Å². The van der Waals surface area contributed by atoms with Crippen molar-refractivity contribution in [2.24, 2.45) is 17.8 Å². The summed E-state index contributed by atoms with van der Waals surface area (Å²) in [4.78, 5) is 24.4. The zero-order chi connectivity index (χ0) is 15.1. The van der Waals surface area contributed by atoms with E-state index in [0.717, 1.165) is 18.5 Å². The predicted molar refractivity (Wildman–Crippen MR) is 80.0 cm³/mol. The molecule has 1 aliphatic heterocycles. The van der Waals surface area contributed by atoms with Crippen LogP contribution in [0.1, 0.15) is 25.7 Å². The van der Waals surface area contributed by atoms with E-state index in [0.29, 0.717) is 43.3 Å². The van der Waals surface area contributed by atoms with E-state index < -0.39 is 0 Å². The van der Waals surface area contributed by atoms with Gasteiger partial charge in [0.25, 0.3) is 0 Å². The summed E-state index contributed by atoms with van der Waals surface area (Å²) < 4.78 is 11.0. The van der Waals surface area contributed by atoms with Crippen LogP contribution in [0.5, 0.6) is 11.5 Å². The average molecular weight is 301 g/mol. The van der Waals surface area contributed by atoms with Crippen LogP contribution in [0.15, 0.2) is 18.2 Å². The number of nitrogens with one attached hydrogen (secondary N) is 1. The van der Waals surface area contributed by atoms with E-state index in [4.69, 9.17) is 9.47 Å². The summed E-state index contributed by atoms with van der Waals surface area (Å²) in [6.45, 7) is 1.08. The van der Waals surface area contributed by atoms with E-state index >= 15 is 0 Å². The maximum atomic E-state index is 12.5. The molecule has 5 heteroatoms. The lowest BCUT2D eigenvalue weighted by Gasteiger charge is -2.26. The van der Waals surface area contributed by atoms with E-state index in [1.807, 2.05) is 12.1 Å². The lowest BCUT2D eigenvalue weighted by atomic mass is 9.79. The molecule has 0 radical (unpaired) electrons. The molecule has 2 saturated carbocycles. The summed E-state index contributed by atoms with van der Waals surface area (Å²) in [5.41, 5.74) is 0.721. The summed E-state index contributed by atoms with van der Waals surface area (Å²) in [7, 11) is 0. The Morgan fingerprint density at radius 2 is 1.73 bits per heavy atom. The number of hydrogen-bond acceptors (Lipinski definition) is 4. The molecule has 4 rings (SSSR count). The minimum atomic E-state index is -0.0524. The first-order chi connectivity index (χ1) is 10.7. The summed E-state index contributed by atoms with van der Waals surface area (Å²) in [6.07, 6.45) is 3.31. The SMILES string of the molecule is O=C(Nc1ccc2c(c1)OCCO2)C1CC2CCC(C1)C2=O. The molecule has 2 fully saturated rings. The molecular weight excluding hydrogens is 282 g/mol. The van der Waals surface area contributed by atoms with Gasteiger partial charge in [0.15, 0.2) is 11.5 Å². The summed E-state index contributed by atoms with van der Waals surface area (Å²) >= 11 is 0. The van der Waals surface area contributed by atoms with Crippen LogP contribution in [0.25, 0.3) is 0 Å². The van der Waals surface area contributed by atoms with E-state index in [9.17, 15) is 9.59 Å². The zero-order valence-electron chi connectivity index (χ0n) is 12.3. The Labute approximate surface area is 129 Å². The molecule has 2 aliphatic carbocycles. The Kier molecular flexibility index (Phi) is 3.28. The summed E-state index contributed by atoms with van der Waals surface area (Å²) in [5.74, 6) is 1.94. The Morgan fingerprint density at radius 1 is 1.05 bits per heavy atom. The summed E-state index contributed by atoms with van der Waals surface area (Å²) in [5, 5.41) is 2.96. The maximum Gasteiger partial charge on any atom is 0.227 e. The van der Waals surface area contributed by atoms with Crippen molar-refractivity contribution in [3.8, 4) is 11.5 Å². The highest BCUT2D eigenvalue weighted by atomic mass is 16.6. The third-order valence-corrected chi connectivity index (χ3v) is 4.99. The lowest BCUT2D eigenvalue weighted by Crippen LogP contribution is -2.33. The summed E-state index contributed by atoms with van der Waals surface area (Å²) in [6, 6.07) is 5.45. The van der Waals surface area contributed by atoms with Crippen LogP contribution >= 0.6 is 0 Å². The predicted octanol–water partition coefficient (Wildman–Crippen LogP) is 2.40. The Morgan fingerprint density at radius 3 is 2.45 bits per heavy atom. The molecule has 0 saturated heterocycles. The fourth-order valence-electron chi connectivity index (χ4n) is 3.85. The minimum Gasteiger partial charge on any atom is -0.486 e. The normalized spacial score (nSPS) is 29.3. The van der Waals surface area contributed by atoms with Gasteiger partial charge in [-0.3, -0.25) is 9.59 Å². The van der Waals surface area contributed by atoms with E-state index in [1.165, 1.54) is 0 Å². The molecule has 22 heavy (non-hydrogen) atoms. The van der Waals surface area contributed by atoms with Crippen molar-refractivity contribution in [1.82, 2.24) is 0 Å². The van der Waals surface area contributed by atoms with Gasteiger partial charge in [-0.2, -0.15) is 0 Å². The van der Waals surface area contributed by atoms with Gasteiger partial charge in [0.05, 0.1) is 0 Å². The van der Waals surface area contributed by atoms with Gasteiger partial charge >= 0.3 is 0 Å². The number of carbonyl (C=O) groups is 2. The van der Waals surface area contributed by atoms with Crippen molar-refractivity contribution in [2.75, 3.05) is 18.5 Å². The van der Waals surface area contributed by atoms with Crippen LogP contribution in [0.2, 0.25) is 0 Å². The highest BCUT2D eigenvalue weighted by molar-refractivity contribution is 5.95. The molecule has 1 aromatic carbocycles. The topological polar surface area (TPSA) is 64.6 Å². The Hall–Kier alpha value is -2.04. The van der Waals surface area contributed by atoms with Crippen molar-refractivity contribution < 1.29 is 19.1 Å². The van der Waals surface area contributed by atoms with Gasteiger partial charge in [-0.1, -0.05) is 0 Å². The number of hydrogen-bond donors (Lipinski definition) is 1. The van der Waals surface area contributed by atoms with Crippen LogP contribution in [-0.2, 0) is 9.59 Å². The van der Waals surface area contributed by atoms with Crippen LogP contribution in [0.4, 0.5) is 5.69 Å². The first kappa shape index (κ1) is 13.6. The second-order valence-electron chi connectivity index (χ2n) is 6.39. The third kappa shape index (κ3) is 2.34. The second-order valence-corrected chi connectivity index (χ2v) is 6.39. The largest absolute Gasteiger partial charge is 0.486 e. The van der Waals surface area contributed by atoms with E-state index in [2.05, 4.69) is 5.32 Å². The maximum absolute atomic E-state index is 12.5. The molecule has 116 valence electrons. The molecule has 2 unspecified atom stereocenters. The number of fused-ring (bicyclic) bond motifs is 3. The Balaban J connectivity index is 1.45. The number of Topliss-reactive ketones (excluding diaryl/α,β-unsaturated/α-hetero) is 1. The molecule has 2 bridgehead atoms. The molecule has 0 aromatic heterocycles. The van der Waals surface area contributed by atoms with Gasteiger partial charge in [0.1, 0.15) is 19.0 Å². The molecule has 0 spiro atoms. The molecule has 1 amide bonds. The monoisotopic (exact) mass is 301 g/mol. The zero-order valence-corrected chi connectivity index (χ0v) is 12.3. The standard InChI is InChI=1S/C17H19NO4/c19-16-10-1-2-11(16)8-12(7-10)17(20)18-13-3-4-14-15(9-13)22-6-5-21-14/h3-4,9-12H,1-2,5-8H2,(H,18,20). The molecule has 5 nitrogen and oxygen atoms in total. The molecule has 1 aromatic rings. The number of ether oxygens (including phenoxy) is 2. The van der Waals surface area contributed by atoms with Gasteiger partial charge < -0.3 is 14.8 Å². The first-order valence-electron chi connectivity index (χ1n) is 7.95. The number of carbonyl (C=O) groups excluding carboxylic acids is 2. The number of ketones is 1. The molecule has 3 aliphatic rings. The fraction of sp³-hybridized carbons (Fsp3) is 0.529. The highest BCUT2D eigenvalue weighted by Crippen LogP contribution is 2.42. The quantitative estimate of drug-likeness (QED) is 0.911. The van der Waals surface area contributed by atoms with Crippen LogP contribution in [0.3, 0.4) is 0 Å². The van der Waals surface area contributed by atoms with Gasteiger partial charge in [-0.05, 0) is 37.8 Å². The van der Waals surface area contributed by atoms with Crippen LogP contribution in [0, 0.1) is 17.8 Å². The van der Waals surface area contributed by atoms with E-state index in [1.54, 1.807) is 6.07 Å². The van der Waals surface area contributed by atoms with Crippen molar-refractivity contribution >= 4 is 17.4 Å². The molecule has 2 atom stereocenters. The van der Waals surface area contributed by atoms with Gasteiger partial charge in [-0.15, -0.1) is 0 Å². The fourth-order valence-corrected chi connectivity index (χ4v) is 3.85. The number of benzene rings is 1. The number of anilines is 1. The van der Waals surface area contributed by atoms with Crippen molar-refractivity contribution in [3.63, 3.8) is 0 Å². The number of amides is 1. The molecular formula is C17H19NO4. The highest BCUT2D eigenvalue weighted by Gasteiger charge is 2.43. The third-order valence-electron chi connectivity index (χ3n) is 4.99. The van der Waals surface area contributed by atoms with Gasteiger partial charge in [-0.25, -0.2) is 0 Å². The smallest absolute Gasteiger partial charge is 0.227 e. The van der Waals surface area contributed by atoms with Crippen LogP contribution < -0.4 is 14.8 Å². The lowest BCUT2D eigenvalue weighted by molar-refractivity contribution is -0.130. The average Bonchev–Trinajstić information content (AvgIpc) is 2.76. The van der Waals surface area contributed by atoms with Crippen molar-refractivity contribution in [2.45, 2.75) is 25.7 Å². The second kappa shape index (κ2) is 5.30. The Bertz CT molecular complexity index is 611.